The van der Waals surface area contributed by atoms with Gasteiger partial charge in [0.1, 0.15) is 6.61 Å². The molecule has 184 valence electrons. The number of hydrogen-bond acceptors (Lipinski definition) is 5. The molecule has 1 saturated heterocycles. The third-order valence-corrected chi connectivity index (χ3v) is 7.36. The second-order valence-electron chi connectivity index (χ2n) is 10.3. The Bertz CT molecular complexity index is 846. The van der Waals surface area contributed by atoms with Crippen LogP contribution in [0.2, 0.25) is 0 Å². The number of imide groups is 1. The number of rotatable bonds is 9. The molecule has 0 unspecified atom stereocenters. The third-order valence-electron chi connectivity index (χ3n) is 6.36. The highest BCUT2D eigenvalue weighted by Crippen LogP contribution is 2.39. The van der Waals surface area contributed by atoms with Crippen molar-refractivity contribution in [3.05, 3.63) is 40.3 Å². The fraction of sp³-hybridized carbons (Fsp3) is 0.630. The Balaban J connectivity index is 2.23. The van der Waals surface area contributed by atoms with E-state index < -0.39 is 24.0 Å². The van der Waals surface area contributed by atoms with Gasteiger partial charge >= 0.3 is 6.09 Å². The molecule has 6 heteroatoms. The smallest absolute Gasteiger partial charge is 0.416 e. The highest BCUT2D eigenvalue weighted by atomic mass is 32.2. The summed E-state index contributed by atoms with van der Waals surface area (Å²) < 4.78 is 5.09. The van der Waals surface area contributed by atoms with Crippen LogP contribution in [0.15, 0.2) is 28.5 Å². The number of amides is 2. The fourth-order valence-corrected chi connectivity index (χ4v) is 5.16. The average molecular weight is 476 g/mol. The summed E-state index contributed by atoms with van der Waals surface area (Å²) in [7, 11) is 0. The molecule has 33 heavy (non-hydrogen) atoms. The summed E-state index contributed by atoms with van der Waals surface area (Å²) in [6.45, 7) is 19.0. The maximum absolute atomic E-state index is 13.0. The van der Waals surface area contributed by atoms with E-state index in [1.165, 1.54) is 26.5 Å². The number of benzene rings is 1. The Morgan fingerprint density at radius 1 is 1.03 bits per heavy atom. The first-order valence-electron chi connectivity index (χ1n) is 12.1. The Morgan fingerprint density at radius 3 is 2.03 bits per heavy atom. The van der Waals surface area contributed by atoms with E-state index in [4.69, 9.17) is 4.74 Å². The SMILES string of the molecule is CC(C)c1cc(C(C)C)c(S/C=C/[C@H](O)[C@H](C)C(=O)N2C(=O)OC[C@@H]2C(C)C)c(C(C)C)c1. The first-order valence-corrected chi connectivity index (χ1v) is 12.9. The molecule has 1 aromatic carbocycles. The van der Waals surface area contributed by atoms with Crippen LogP contribution in [0.5, 0.6) is 0 Å². The summed E-state index contributed by atoms with van der Waals surface area (Å²) >= 11 is 1.59. The topological polar surface area (TPSA) is 66.8 Å². The highest BCUT2D eigenvalue weighted by Gasteiger charge is 2.42. The quantitative estimate of drug-likeness (QED) is 0.404. The van der Waals surface area contributed by atoms with E-state index in [9.17, 15) is 14.7 Å². The largest absolute Gasteiger partial charge is 0.447 e. The van der Waals surface area contributed by atoms with Crippen LogP contribution >= 0.6 is 11.8 Å². The molecule has 5 nitrogen and oxygen atoms in total. The van der Waals surface area contributed by atoms with Crippen molar-refractivity contribution < 1.29 is 19.4 Å². The maximum atomic E-state index is 13.0. The van der Waals surface area contributed by atoms with Crippen LogP contribution in [0.4, 0.5) is 4.79 Å². The molecule has 2 rings (SSSR count). The lowest BCUT2D eigenvalue weighted by Crippen LogP contribution is -2.46. The number of carbonyl (C=O) groups is 2. The predicted octanol–water partition coefficient (Wildman–Crippen LogP) is 6.66. The number of ether oxygens (including phenoxy) is 1. The minimum atomic E-state index is -0.994. The van der Waals surface area contributed by atoms with Crippen LogP contribution in [0.3, 0.4) is 0 Å². The molecule has 0 aromatic heterocycles. The average Bonchev–Trinajstić information content (AvgIpc) is 3.13. The van der Waals surface area contributed by atoms with Gasteiger partial charge in [-0.2, -0.15) is 0 Å². The van der Waals surface area contributed by atoms with E-state index in [1.54, 1.807) is 24.8 Å². The van der Waals surface area contributed by atoms with Gasteiger partial charge in [-0.3, -0.25) is 4.79 Å². The number of thioether (sulfide) groups is 1. The van der Waals surface area contributed by atoms with Crippen molar-refractivity contribution in [1.82, 2.24) is 4.90 Å². The summed E-state index contributed by atoms with van der Waals surface area (Å²) in [5.74, 6) is 0.147. The van der Waals surface area contributed by atoms with Crippen molar-refractivity contribution in [2.75, 3.05) is 6.61 Å². The zero-order chi connectivity index (χ0) is 25.0. The van der Waals surface area contributed by atoms with Gasteiger partial charge in [-0.1, -0.05) is 86.2 Å². The van der Waals surface area contributed by atoms with Gasteiger partial charge in [0, 0.05) is 4.90 Å². The zero-order valence-electron chi connectivity index (χ0n) is 21.6. The Hall–Kier alpha value is -1.79. The van der Waals surface area contributed by atoms with Gasteiger partial charge in [-0.25, -0.2) is 9.69 Å². The van der Waals surface area contributed by atoms with Crippen LogP contribution in [-0.2, 0) is 9.53 Å². The van der Waals surface area contributed by atoms with E-state index in [-0.39, 0.29) is 18.6 Å². The molecule has 1 N–H and O–H groups in total. The monoisotopic (exact) mass is 475 g/mol. The highest BCUT2D eigenvalue weighted by molar-refractivity contribution is 8.02. The van der Waals surface area contributed by atoms with Crippen LogP contribution in [0, 0.1) is 11.8 Å². The van der Waals surface area contributed by atoms with Gasteiger partial charge < -0.3 is 9.84 Å². The molecule has 0 radical (unpaired) electrons. The molecule has 0 spiro atoms. The lowest BCUT2D eigenvalue weighted by Gasteiger charge is -2.26. The van der Waals surface area contributed by atoms with Crippen molar-refractivity contribution >= 4 is 23.8 Å². The zero-order valence-corrected chi connectivity index (χ0v) is 22.4. The standard InChI is InChI=1S/C27H41NO4S/c1-15(2)20-12-21(16(3)4)25(22(13-20)17(5)6)33-11-10-24(29)19(9)26(30)28-23(18(7)8)14-32-27(28)31/h10-13,15-19,23-24,29H,14H2,1-9H3/b11-10+/t19-,23+,24-/m0/s1. The third kappa shape index (κ3) is 6.42. The van der Waals surface area contributed by atoms with E-state index in [0.29, 0.717) is 17.8 Å². The first-order chi connectivity index (χ1) is 15.4. The molecule has 1 heterocycles. The second-order valence-corrected chi connectivity index (χ2v) is 11.2. The van der Waals surface area contributed by atoms with Crippen molar-refractivity contribution in [2.24, 2.45) is 11.8 Å². The number of hydrogen-bond donors (Lipinski definition) is 1. The van der Waals surface area contributed by atoms with Crippen LogP contribution < -0.4 is 0 Å². The molecule has 2 amide bonds. The predicted molar refractivity (Wildman–Crippen MR) is 136 cm³/mol. The minimum absolute atomic E-state index is 0.0913. The maximum Gasteiger partial charge on any atom is 0.416 e. The second kappa shape index (κ2) is 11.6. The van der Waals surface area contributed by atoms with Gasteiger partial charge in [-0.05, 0) is 51.8 Å². The van der Waals surface area contributed by atoms with Crippen LogP contribution in [0.1, 0.15) is 96.8 Å². The molecular formula is C27H41NO4S. The van der Waals surface area contributed by atoms with Gasteiger partial charge in [0.25, 0.3) is 0 Å². The summed E-state index contributed by atoms with van der Waals surface area (Å²) in [5, 5.41) is 12.6. The number of carbonyl (C=O) groups excluding carboxylic acids is 2. The number of nitrogens with zero attached hydrogens (tertiary/aromatic N) is 1. The lowest BCUT2D eigenvalue weighted by molar-refractivity contribution is -0.136. The summed E-state index contributed by atoms with van der Waals surface area (Å²) in [5.41, 5.74) is 3.95. The summed E-state index contributed by atoms with van der Waals surface area (Å²) in [6, 6.07) is 4.30. The van der Waals surface area contributed by atoms with Gasteiger partial charge in [0.2, 0.25) is 5.91 Å². The first kappa shape index (κ1) is 27.5. The fourth-order valence-electron chi connectivity index (χ4n) is 3.93. The van der Waals surface area contributed by atoms with E-state index >= 15 is 0 Å². The van der Waals surface area contributed by atoms with Crippen LogP contribution in [-0.4, -0.2) is 40.8 Å². The normalized spacial score (nSPS) is 18.8. The van der Waals surface area contributed by atoms with E-state index in [0.717, 1.165) is 0 Å². The molecule has 1 aromatic rings. The van der Waals surface area contributed by atoms with Crippen molar-refractivity contribution in [1.29, 1.82) is 0 Å². The molecule has 1 fully saturated rings. The number of cyclic esters (lactones) is 1. The Labute approximate surface area is 204 Å². The van der Waals surface area contributed by atoms with Gasteiger partial charge in [-0.15, -0.1) is 0 Å². The van der Waals surface area contributed by atoms with Crippen molar-refractivity contribution in [2.45, 2.75) is 97.1 Å². The van der Waals surface area contributed by atoms with Crippen LogP contribution in [0.25, 0.3) is 0 Å². The molecule has 0 bridgehead atoms. The molecule has 1 aliphatic heterocycles. The van der Waals surface area contributed by atoms with Crippen molar-refractivity contribution in [3.8, 4) is 0 Å². The summed E-state index contributed by atoms with van der Waals surface area (Å²) in [4.78, 5) is 27.5. The molecule has 0 aliphatic carbocycles. The van der Waals surface area contributed by atoms with Gasteiger partial charge in [0.15, 0.2) is 0 Å². The Morgan fingerprint density at radius 2 is 1.58 bits per heavy atom. The molecular weight excluding hydrogens is 434 g/mol. The van der Waals surface area contributed by atoms with E-state index in [2.05, 4.69) is 53.7 Å². The molecule has 3 atom stereocenters. The number of aliphatic hydroxyl groups excluding tert-OH is 1. The molecule has 1 aliphatic rings. The van der Waals surface area contributed by atoms with Gasteiger partial charge in [0.05, 0.1) is 18.1 Å². The minimum Gasteiger partial charge on any atom is -0.447 e. The van der Waals surface area contributed by atoms with E-state index in [1.807, 2.05) is 19.3 Å². The molecule has 0 saturated carbocycles. The van der Waals surface area contributed by atoms with Crippen molar-refractivity contribution in [3.63, 3.8) is 0 Å². The summed E-state index contributed by atoms with van der Waals surface area (Å²) in [6.07, 6.45) is 0.0412. The number of aliphatic hydroxyl groups is 1. The Kier molecular flexibility index (Phi) is 9.62. The lowest BCUT2D eigenvalue weighted by atomic mass is 9.89.